The maximum absolute atomic E-state index is 13.7. The van der Waals surface area contributed by atoms with E-state index in [9.17, 15) is 4.79 Å². The van der Waals surface area contributed by atoms with E-state index in [2.05, 4.69) is 10.9 Å². The van der Waals surface area contributed by atoms with Crippen molar-refractivity contribution >= 4 is 11.8 Å². The number of hydrogen-bond acceptors (Lipinski definition) is 7. The van der Waals surface area contributed by atoms with Crippen molar-refractivity contribution < 1.29 is 24.1 Å². The molecule has 1 amide bonds. The Kier molecular flexibility index (Phi) is 8.77. The molecule has 0 radical (unpaired) electrons. The van der Waals surface area contributed by atoms with Crippen molar-refractivity contribution in [2.45, 2.75) is 38.0 Å². The summed E-state index contributed by atoms with van der Waals surface area (Å²) in [6.45, 7) is 2.78. The van der Waals surface area contributed by atoms with Crippen LogP contribution in [0.15, 0.2) is 83.9 Å². The number of aliphatic hydroxyl groups is 1. The van der Waals surface area contributed by atoms with Crippen LogP contribution in [0, 0.1) is 0 Å². The number of aliphatic hydroxyl groups excluding tert-OH is 1. The summed E-state index contributed by atoms with van der Waals surface area (Å²) in [5, 5.41) is 8.94. The van der Waals surface area contributed by atoms with Crippen LogP contribution in [-0.4, -0.2) is 48.9 Å². The average Bonchev–Trinajstić information content (AvgIpc) is 3.26. The van der Waals surface area contributed by atoms with E-state index in [1.54, 1.807) is 7.11 Å². The molecule has 194 valence electrons. The van der Waals surface area contributed by atoms with Gasteiger partial charge >= 0.3 is 0 Å². The molecule has 3 aromatic rings. The molecule has 0 spiro atoms. The molecule has 0 aromatic heterocycles. The lowest BCUT2D eigenvalue weighted by molar-refractivity contribution is -0.129. The molecule has 0 saturated heterocycles. The van der Waals surface area contributed by atoms with Crippen molar-refractivity contribution in [1.29, 1.82) is 0 Å². The number of methoxy groups -OCH3 is 1. The quantitative estimate of drug-likeness (QED) is 0.259. The van der Waals surface area contributed by atoms with E-state index < -0.39 is 11.6 Å². The first-order valence-electron chi connectivity index (χ1n) is 12.4. The third kappa shape index (κ3) is 6.28. The fraction of sp³-hybridized carbons (Fsp3) is 0.310. The minimum absolute atomic E-state index is 0.0833. The van der Waals surface area contributed by atoms with Gasteiger partial charge in [-0.25, -0.2) is 10.4 Å². The highest BCUT2D eigenvalue weighted by Crippen LogP contribution is 2.33. The largest absolute Gasteiger partial charge is 0.496 e. The Hall–Kier alpha value is -3.88. The number of rotatable bonds is 12. The lowest BCUT2D eigenvalue weighted by Crippen LogP contribution is -2.55. The Labute approximate surface area is 217 Å². The predicted octanol–water partition coefficient (Wildman–Crippen LogP) is 3.42. The molecule has 37 heavy (non-hydrogen) atoms. The van der Waals surface area contributed by atoms with Crippen LogP contribution in [-0.2, 0) is 22.5 Å². The van der Waals surface area contributed by atoms with E-state index in [1.165, 1.54) is 0 Å². The zero-order chi connectivity index (χ0) is 26.1. The minimum Gasteiger partial charge on any atom is -0.496 e. The van der Waals surface area contributed by atoms with Crippen molar-refractivity contribution in [3.05, 3.63) is 95.6 Å². The number of ether oxygens (including phenoxy) is 3. The van der Waals surface area contributed by atoms with Gasteiger partial charge in [-0.3, -0.25) is 10.2 Å². The first-order valence-corrected chi connectivity index (χ1v) is 12.4. The molecule has 2 atom stereocenters. The van der Waals surface area contributed by atoms with Crippen LogP contribution >= 0.6 is 0 Å². The number of hydrogen-bond donors (Lipinski definition) is 3. The smallest absolute Gasteiger partial charge is 0.266 e. The van der Waals surface area contributed by atoms with E-state index in [1.807, 2.05) is 85.8 Å². The van der Waals surface area contributed by atoms with Gasteiger partial charge in [-0.2, -0.15) is 0 Å². The summed E-state index contributed by atoms with van der Waals surface area (Å²) in [6, 6.07) is 24.8. The minimum atomic E-state index is -1.17. The SMILES string of the molecule is COc1ccccc1CNNC(=O)[C@@]1(Cc2ccccc2)N=C(c2ccc(OCCCO)cc2)O[C@H]1C. The summed E-state index contributed by atoms with van der Waals surface area (Å²) in [4.78, 5) is 18.5. The van der Waals surface area contributed by atoms with Crippen molar-refractivity contribution in [2.24, 2.45) is 4.99 Å². The van der Waals surface area contributed by atoms with Crippen molar-refractivity contribution in [1.82, 2.24) is 10.9 Å². The highest BCUT2D eigenvalue weighted by Gasteiger charge is 2.50. The van der Waals surface area contributed by atoms with E-state index in [0.29, 0.717) is 37.6 Å². The monoisotopic (exact) mass is 503 g/mol. The maximum Gasteiger partial charge on any atom is 0.266 e. The summed E-state index contributed by atoms with van der Waals surface area (Å²) in [5.41, 5.74) is 7.38. The summed E-state index contributed by atoms with van der Waals surface area (Å²) in [6.07, 6.45) is 0.441. The molecular formula is C29H33N3O5. The number of carbonyl (C=O) groups is 1. The summed E-state index contributed by atoms with van der Waals surface area (Å²) < 4.78 is 17.2. The van der Waals surface area contributed by atoms with Crippen molar-refractivity contribution in [3.63, 3.8) is 0 Å². The molecule has 1 aliphatic heterocycles. The number of nitrogens with one attached hydrogen (secondary N) is 2. The standard InChI is InChI=1S/C29H33N3O5/c1-21-29(19-22-9-4-3-5-10-22,28(34)32-30-20-24-11-6-7-12-26(24)35-2)31-27(37-21)23-13-15-25(16-14-23)36-18-8-17-33/h3-7,9-16,21,30,33H,8,17-20H2,1-2H3,(H,32,34)/t21-,29-/m0/s1. The molecule has 0 aliphatic carbocycles. The Morgan fingerprint density at radius 3 is 2.51 bits per heavy atom. The summed E-state index contributed by atoms with van der Waals surface area (Å²) in [7, 11) is 1.62. The molecule has 8 heteroatoms. The van der Waals surface area contributed by atoms with Gasteiger partial charge < -0.3 is 19.3 Å². The molecule has 1 heterocycles. The van der Waals surface area contributed by atoms with Crippen LogP contribution in [0.4, 0.5) is 0 Å². The van der Waals surface area contributed by atoms with Gasteiger partial charge in [0.15, 0.2) is 5.54 Å². The van der Waals surface area contributed by atoms with Crippen LogP contribution in [0.25, 0.3) is 0 Å². The molecular weight excluding hydrogens is 470 g/mol. The van der Waals surface area contributed by atoms with E-state index >= 15 is 0 Å². The average molecular weight is 504 g/mol. The van der Waals surface area contributed by atoms with Gasteiger partial charge in [0.25, 0.3) is 5.91 Å². The maximum atomic E-state index is 13.7. The first kappa shape index (κ1) is 26.2. The normalized spacial score (nSPS) is 18.6. The van der Waals surface area contributed by atoms with Gasteiger partial charge in [-0.15, -0.1) is 0 Å². The van der Waals surface area contributed by atoms with Crippen molar-refractivity contribution in [2.75, 3.05) is 20.3 Å². The number of aliphatic imine (C=N–C) groups is 1. The molecule has 0 bridgehead atoms. The van der Waals surface area contributed by atoms with Gasteiger partial charge in [0.2, 0.25) is 5.90 Å². The zero-order valence-corrected chi connectivity index (χ0v) is 21.1. The number of benzene rings is 3. The Morgan fingerprint density at radius 2 is 1.78 bits per heavy atom. The Balaban J connectivity index is 1.54. The second-order valence-electron chi connectivity index (χ2n) is 8.83. The van der Waals surface area contributed by atoms with E-state index in [-0.39, 0.29) is 12.5 Å². The molecule has 0 fully saturated rings. The third-order valence-electron chi connectivity index (χ3n) is 6.32. The number of para-hydroxylation sites is 1. The fourth-order valence-electron chi connectivity index (χ4n) is 4.23. The van der Waals surface area contributed by atoms with Gasteiger partial charge in [-0.05, 0) is 42.8 Å². The summed E-state index contributed by atoms with van der Waals surface area (Å²) in [5.74, 6) is 1.56. The topological polar surface area (TPSA) is 101 Å². The van der Waals surface area contributed by atoms with Crippen molar-refractivity contribution in [3.8, 4) is 11.5 Å². The lowest BCUT2D eigenvalue weighted by atomic mass is 9.86. The Morgan fingerprint density at radius 1 is 1.05 bits per heavy atom. The lowest BCUT2D eigenvalue weighted by Gasteiger charge is -2.28. The second-order valence-corrected chi connectivity index (χ2v) is 8.83. The Bertz CT molecular complexity index is 1200. The second kappa shape index (κ2) is 12.4. The number of nitrogens with zero attached hydrogens (tertiary/aromatic N) is 1. The fourth-order valence-corrected chi connectivity index (χ4v) is 4.23. The highest BCUT2D eigenvalue weighted by molar-refractivity contribution is 6.00. The third-order valence-corrected chi connectivity index (χ3v) is 6.32. The van der Waals surface area contributed by atoms with Gasteiger partial charge in [-0.1, -0.05) is 48.5 Å². The number of amides is 1. The molecule has 3 N–H and O–H groups in total. The van der Waals surface area contributed by atoms with Gasteiger partial charge in [0.05, 0.1) is 13.7 Å². The number of hydrazine groups is 1. The van der Waals surface area contributed by atoms with Gasteiger partial charge in [0.1, 0.15) is 17.6 Å². The van der Waals surface area contributed by atoms with Crippen LogP contribution in [0.1, 0.15) is 30.0 Å². The summed E-state index contributed by atoms with van der Waals surface area (Å²) >= 11 is 0. The van der Waals surface area contributed by atoms with Crippen LogP contribution in [0.5, 0.6) is 11.5 Å². The predicted molar refractivity (Wildman–Crippen MR) is 142 cm³/mol. The van der Waals surface area contributed by atoms with E-state index in [0.717, 1.165) is 22.4 Å². The van der Waals surface area contributed by atoms with Crippen LogP contribution in [0.3, 0.4) is 0 Å². The molecule has 0 unspecified atom stereocenters. The molecule has 0 saturated carbocycles. The molecule has 1 aliphatic rings. The molecule has 4 rings (SSSR count). The van der Waals surface area contributed by atoms with Gasteiger partial charge in [0, 0.05) is 37.1 Å². The number of carbonyl (C=O) groups excluding carboxylic acids is 1. The van der Waals surface area contributed by atoms with E-state index in [4.69, 9.17) is 24.3 Å². The van der Waals surface area contributed by atoms with Crippen LogP contribution in [0.2, 0.25) is 0 Å². The molecule has 3 aromatic carbocycles. The first-order chi connectivity index (χ1) is 18.1. The molecule has 8 nitrogen and oxygen atoms in total. The zero-order valence-electron chi connectivity index (χ0n) is 21.1. The highest BCUT2D eigenvalue weighted by atomic mass is 16.5. The van der Waals surface area contributed by atoms with Crippen LogP contribution < -0.4 is 20.3 Å².